The van der Waals surface area contributed by atoms with Crippen LogP contribution >= 0.6 is 7.37 Å². The first-order valence-electron chi connectivity index (χ1n) is 7.30. The number of ether oxygens (including phenoxy) is 1. The van der Waals surface area contributed by atoms with Crippen molar-refractivity contribution in [3.63, 3.8) is 0 Å². The minimum Gasteiger partial charge on any atom is -0.466 e. The second-order valence-electron chi connectivity index (χ2n) is 6.23. The lowest BCUT2D eigenvalue weighted by Crippen LogP contribution is -2.27. The first kappa shape index (κ1) is 18.7. The molecule has 0 spiro atoms. The topological polar surface area (TPSA) is 52.6 Å². The quantitative estimate of drug-likeness (QED) is 0.570. The van der Waals surface area contributed by atoms with Crippen LogP contribution in [0.2, 0.25) is 0 Å². The normalized spacial score (nSPS) is 15.7. The largest absolute Gasteiger partial charge is 0.466 e. The molecule has 0 aliphatic heterocycles. The van der Waals surface area contributed by atoms with Gasteiger partial charge in [-0.1, -0.05) is 33.8 Å². The highest BCUT2D eigenvalue weighted by molar-refractivity contribution is 7.61. The maximum Gasteiger partial charge on any atom is 0.309 e. The summed E-state index contributed by atoms with van der Waals surface area (Å²) < 4.78 is 37.2. The van der Waals surface area contributed by atoms with Gasteiger partial charge in [-0.3, -0.25) is 9.36 Å². The average Bonchev–Trinajstić information content (AvgIpc) is 2.37. The molecule has 2 atom stereocenters. The number of rotatable bonds is 6. The van der Waals surface area contributed by atoms with Crippen molar-refractivity contribution in [3.05, 3.63) is 30.1 Å². The summed E-state index contributed by atoms with van der Waals surface area (Å²) in [6.07, 6.45) is 0.0475. The van der Waals surface area contributed by atoms with Crippen molar-refractivity contribution in [2.24, 2.45) is 5.92 Å². The predicted octanol–water partition coefficient (Wildman–Crippen LogP) is 4.48. The monoisotopic (exact) mass is 330 g/mol. The van der Waals surface area contributed by atoms with Crippen LogP contribution in [0.1, 0.15) is 34.6 Å². The summed E-state index contributed by atoms with van der Waals surface area (Å²) in [5.74, 6) is -1.22. The lowest BCUT2D eigenvalue weighted by Gasteiger charge is -2.32. The Kier molecular flexibility index (Phi) is 6.18. The smallest absolute Gasteiger partial charge is 0.309 e. The summed E-state index contributed by atoms with van der Waals surface area (Å²) in [5, 5.41) is -0.680. The van der Waals surface area contributed by atoms with E-state index in [1.165, 1.54) is 18.2 Å². The van der Waals surface area contributed by atoms with E-state index in [0.29, 0.717) is 0 Å². The van der Waals surface area contributed by atoms with Gasteiger partial charge in [0, 0.05) is 17.4 Å². The summed E-state index contributed by atoms with van der Waals surface area (Å²) in [7, 11) is -3.25. The van der Waals surface area contributed by atoms with Gasteiger partial charge < -0.3 is 9.26 Å². The fourth-order valence-electron chi connectivity index (χ4n) is 1.86. The van der Waals surface area contributed by atoms with Crippen LogP contribution in [0.25, 0.3) is 0 Å². The Labute approximate surface area is 131 Å². The lowest BCUT2D eigenvalue weighted by molar-refractivity contribution is -0.146. The van der Waals surface area contributed by atoms with Crippen molar-refractivity contribution >= 4 is 13.3 Å². The summed E-state index contributed by atoms with van der Waals surface area (Å²) in [5.41, 5.74) is 0. The second kappa shape index (κ2) is 7.28. The van der Waals surface area contributed by atoms with E-state index in [9.17, 15) is 13.8 Å². The molecule has 4 nitrogen and oxygen atoms in total. The van der Waals surface area contributed by atoms with E-state index in [4.69, 9.17) is 9.26 Å². The van der Waals surface area contributed by atoms with E-state index in [1.807, 2.05) is 0 Å². The molecule has 1 unspecified atom stereocenters. The maximum absolute atomic E-state index is 13.3. The first-order valence-corrected chi connectivity index (χ1v) is 9.11. The molecule has 0 amide bonds. The second-order valence-corrected chi connectivity index (χ2v) is 9.46. The maximum atomic E-state index is 13.3. The van der Waals surface area contributed by atoms with Gasteiger partial charge in [-0.05, 0) is 19.1 Å². The van der Waals surface area contributed by atoms with E-state index in [0.717, 1.165) is 0 Å². The Morgan fingerprint density at radius 1 is 1.36 bits per heavy atom. The van der Waals surface area contributed by atoms with Crippen molar-refractivity contribution in [2.45, 2.75) is 39.8 Å². The molecule has 0 aromatic heterocycles. The van der Waals surface area contributed by atoms with Crippen molar-refractivity contribution in [1.29, 1.82) is 0 Å². The predicted molar refractivity (Wildman–Crippen MR) is 85.1 cm³/mol. The Balaban J connectivity index is 3.01. The van der Waals surface area contributed by atoms with Crippen LogP contribution in [0.5, 0.6) is 5.75 Å². The molecule has 1 rings (SSSR count). The van der Waals surface area contributed by atoms with Crippen LogP contribution in [0.15, 0.2) is 24.3 Å². The molecule has 0 bridgehead atoms. The molecule has 0 saturated carbocycles. The Morgan fingerprint density at radius 3 is 2.50 bits per heavy atom. The summed E-state index contributed by atoms with van der Waals surface area (Å²) >= 11 is 0. The van der Waals surface area contributed by atoms with Crippen LogP contribution in [0.4, 0.5) is 4.39 Å². The zero-order valence-corrected chi connectivity index (χ0v) is 14.7. The molecule has 0 fully saturated rings. The van der Waals surface area contributed by atoms with Gasteiger partial charge in [0.15, 0.2) is 0 Å². The Hall–Kier alpha value is -1.35. The number of hydrogen-bond acceptors (Lipinski definition) is 4. The van der Waals surface area contributed by atoms with Crippen LogP contribution in [0, 0.1) is 11.7 Å². The molecule has 0 N–H and O–H groups in total. The molecular weight excluding hydrogens is 306 g/mol. The molecule has 0 aliphatic carbocycles. The van der Waals surface area contributed by atoms with Crippen molar-refractivity contribution in [1.82, 2.24) is 0 Å². The number of halogens is 1. The van der Waals surface area contributed by atoms with E-state index < -0.39 is 30.2 Å². The fourth-order valence-corrected chi connectivity index (χ4v) is 4.08. The Bertz CT molecular complexity index is 566. The van der Waals surface area contributed by atoms with E-state index >= 15 is 0 Å². The van der Waals surface area contributed by atoms with Crippen LogP contribution < -0.4 is 4.52 Å². The third-order valence-corrected chi connectivity index (χ3v) is 6.85. The molecule has 6 heteroatoms. The van der Waals surface area contributed by atoms with Gasteiger partial charge in [-0.15, -0.1) is 0 Å². The van der Waals surface area contributed by atoms with Gasteiger partial charge in [0.2, 0.25) is 0 Å². The Morgan fingerprint density at radius 2 is 2.00 bits per heavy atom. The molecule has 22 heavy (non-hydrogen) atoms. The van der Waals surface area contributed by atoms with Crippen molar-refractivity contribution in [3.8, 4) is 5.75 Å². The highest BCUT2D eigenvalue weighted by Crippen LogP contribution is 2.59. The van der Waals surface area contributed by atoms with Crippen molar-refractivity contribution < 1.29 is 23.0 Å². The summed E-state index contributed by atoms with van der Waals surface area (Å²) in [6, 6.07) is 5.52. The SMILES string of the molecule is CCOC(=O)[C@H](C)CP(=O)(Oc1cccc(F)c1)C(C)(C)C. The van der Waals surface area contributed by atoms with Gasteiger partial charge in [-0.2, -0.15) is 0 Å². The van der Waals surface area contributed by atoms with Gasteiger partial charge >= 0.3 is 5.97 Å². The van der Waals surface area contributed by atoms with Crippen LogP contribution in [-0.2, 0) is 14.1 Å². The molecular formula is C16H24FO4P. The highest BCUT2D eigenvalue weighted by atomic mass is 31.2. The zero-order valence-electron chi connectivity index (χ0n) is 13.8. The molecule has 0 aliphatic rings. The molecule has 1 aromatic carbocycles. The van der Waals surface area contributed by atoms with E-state index in [2.05, 4.69) is 0 Å². The minimum absolute atomic E-state index is 0.0475. The van der Waals surface area contributed by atoms with Gasteiger partial charge in [0.1, 0.15) is 11.6 Å². The molecule has 1 aromatic rings. The molecule has 0 radical (unpaired) electrons. The van der Waals surface area contributed by atoms with Gasteiger partial charge in [0.25, 0.3) is 7.37 Å². The van der Waals surface area contributed by atoms with E-state index in [1.54, 1.807) is 40.7 Å². The highest BCUT2D eigenvalue weighted by Gasteiger charge is 2.42. The van der Waals surface area contributed by atoms with Crippen LogP contribution in [-0.4, -0.2) is 23.9 Å². The average molecular weight is 330 g/mol. The van der Waals surface area contributed by atoms with Crippen molar-refractivity contribution in [2.75, 3.05) is 12.8 Å². The number of hydrogen-bond donors (Lipinski definition) is 0. The lowest BCUT2D eigenvalue weighted by atomic mass is 10.2. The van der Waals surface area contributed by atoms with Gasteiger partial charge in [-0.25, -0.2) is 4.39 Å². The van der Waals surface area contributed by atoms with Crippen LogP contribution in [0.3, 0.4) is 0 Å². The summed E-state index contributed by atoms with van der Waals surface area (Å²) in [6.45, 7) is 9.00. The first-order chi connectivity index (χ1) is 10.1. The summed E-state index contributed by atoms with van der Waals surface area (Å²) in [4.78, 5) is 11.8. The molecule has 0 heterocycles. The fraction of sp³-hybridized carbons (Fsp3) is 0.562. The number of carbonyl (C=O) groups is 1. The molecule has 124 valence electrons. The third-order valence-electron chi connectivity index (χ3n) is 3.27. The van der Waals surface area contributed by atoms with Gasteiger partial charge in [0.05, 0.1) is 12.5 Å². The van der Waals surface area contributed by atoms with E-state index in [-0.39, 0.29) is 18.5 Å². The minimum atomic E-state index is -3.25. The third kappa shape index (κ3) is 4.84. The number of esters is 1. The zero-order chi connectivity index (χ0) is 17.0. The molecule has 0 saturated heterocycles. The number of benzene rings is 1. The number of carbonyl (C=O) groups excluding carboxylic acids is 1. The standard InChI is InChI=1S/C16H24FO4P/c1-6-20-15(18)12(2)11-22(19,16(3,4)5)21-14-9-7-8-13(17)10-14/h7-10,12H,6,11H2,1-5H3/t12-,22?/m1/s1.